The van der Waals surface area contributed by atoms with Crippen molar-refractivity contribution >= 4 is 33.7 Å². The van der Waals surface area contributed by atoms with E-state index in [4.69, 9.17) is 15.2 Å². The molecule has 192 valence electrons. The van der Waals surface area contributed by atoms with Gasteiger partial charge in [-0.3, -0.25) is 0 Å². The summed E-state index contributed by atoms with van der Waals surface area (Å²) in [6.45, 7) is 9.24. The van der Waals surface area contributed by atoms with Crippen molar-refractivity contribution in [1.29, 1.82) is 0 Å². The fraction of sp³-hybridized carbons (Fsp3) is 0.429. The van der Waals surface area contributed by atoms with Crippen LogP contribution in [0.1, 0.15) is 44.7 Å². The summed E-state index contributed by atoms with van der Waals surface area (Å²) >= 11 is 0. The van der Waals surface area contributed by atoms with Gasteiger partial charge in [0.15, 0.2) is 5.82 Å². The van der Waals surface area contributed by atoms with E-state index in [1.54, 1.807) is 14.2 Å². The lowest BCUT2D eigenvalue weighted by molar-refractivity contribution is 0.0230. The van der Waals surface area contributed by atoms with Gasteiger partial charge in [-0.25, -0.2) is 4.98 Å². The van der Waals surface area contributed by atoms with Crippen molar-refractivity contribution in [2.75, 3.05) is 38.4 Å². The molecular weight excluding hydrogens is 452 g/mol. The molecule has 2 aromatic carbocycles. The molecule has 0 aliphatic heterocycles. The van der Waals surface area contributed by atoms with Crippen LogP contribution in [-0.2, 0) is 17.8 Å². The molecule has 0 saturated heterocycles. The zero-order valence-electron chi connectivity index (χ0n) is 22.0. The summed E-state index contributed by atoms with van der Waals surface area (Å²) in [6.07, 6.45) is 2.15. The highest BCUT2D eigenvalue weighted by Crippen LogP contribution is 2.34. The molecule has 0 saturated carbocycles. The van der Waals surface area contributed by atoms with Crippen LogP contribution in [0.5, 0.6) is 5.75 Å². The van der Waals surface area contributed by atoms with Crippen molar-refractivity contribution in [2.45, 2.75) is 52.3 Å². The Hall–Kier alpha value is -3.36. The third kappa shape index (κ3) is 5.55. The summed E-state index contributed by atoms with van der Waals surface area (Å²) in [6, 6.07) is 14.6. The molecule has 0 aliphatic carbocycles. The van der Waals surface area contributed by atoms with Gasteiger partial charge >= 0.3 is 0 Å². The minimum absolute atomic E-state index is 0.221. The number of nitrogens with zero attached hydrogens (tertiary/aromatic N) is 3. The monoisotopic (exact) mass is 490 g/mol. The number of para-hydroxylation sites is 1. The van der Waals surface area contributed by atoms with Crippen LogP contribution < -0.4 is 21.1 Å². The molecule has 4 aromatic rings. The number of fused-ring (bicyclic) bond motifs is 3. The topological polar surface area (TPSA) is 99.2 Å². The zero-order valence-corrected chi connectivity index (χ0v) is 22.0. The fourth-order valence-corrected chi connectivity index (χ4v) is 4.43. The Balaban J connectivity index is 1.75. The molecule has 0 bridgehead atoms. The standard InChI is InChI=1S/C28H38N6O2/c1-6-7-14-31-26-25-24(32-27(29)33-26)21-10-8-9-11-22(21)34(25)17-20-15-19(12-13-23(20)35-4)16-30-18-28(2,3)36-5/h8-13,15,30H,6-7,14,16-18H2,1-5H3,(H3,29,31,32,33). The van der Waals surface area contributed by atoms with Crippen LogP contribution in [0.2, 0.25) is 0 Å². The summed E-state index contributed by atoms with van der Waals surface area (Å²) in [5.41, 5.74) is 11.1. The van der Waals surface area contributed by atoms with E-state index in [-0.39, 0.29) is 11.5 Å². The largest absolute Gasteiger partial charge is 0.496 e. The molecule has 36 heavy (non-hydrogen) atoms. The number of ether oxygens (including phenoxy) is 2. The molecule has 0 amide bonds. The zero-order chi connectivity index (χ0) is 25.7. The number of unbranched alkanes of at least 4 members (excludes halogenated alkanes) is 1. The van der Waals surface area contributed by atoms with Gasteiger partial charge in [0.2, 0.25) is 5.95 Å². The van der Waals surface area contributed by atoms with Gasteiger partial charge in [-0.1, -0.05) is 37.6 Å². The minimum Gasteiger partial charge on any atom is -0.496 e. The van der Waals surface area contributed by atoms with Crippen LogP contribution in [0, 0.1) is 0 Å². The smallest absolute Gasteiger partial charge is 0.222 e. The molecule has 0 spiro atoms. The number of aromatic nitrogens is 3. The molecule has 8 heteroatoms. The van der Waals surface area contributed by atoms with E-state index in [2.05, 4.69) is 70.2 Å². The molecule has 0 fully saturated rings. The maximum atomic E-state index is 6.13. The van der Waals surface area contributed by atoms with Crippen molar-refractivity contribution in [3.05, 3.63) is 53.6 Å². The molecule has 2 heterocycles. The predicted octanol–water partition coefficient (Wildman–Crippen LogP) is 4.95. The molecule has 2 aromatic heterocycles. The molecule has 0 unspecified atom stereocenters. The Morgan fingerprint density at radius 3 is 2.64 bits per heavy atom. The molecule has 0 atom stereocenters. The Bertz CT molecular complexity index is 1330. The Labute approximate surface area is 213 Å². The lowest BCUT2D eigenvalue weighted by atomic mass is 10.1. The quantitative estimate of drug-likeness (QED) is 0.242. The summed E-state index contributed by atoms with van der Waals surface area (Å²) in [4.78, 5) is 9.22. The van der Waals surface area contributed by atoms with Gasteiger partial charge in [0.05, 0.1) is 24.8 Å². The maximum Gasteiger partial charge on any atom is 0.222 e. The highest BCUT2D eigenvalue weighted by molar-refractivity contribution is 6.09. The van der Waals surface area contributed by atoms with Crippen molar-refractivity contribution < 1.29 is 9.47 Å². The van der Waals surface area contributed by atoms with E-state index in [0.717, 1.165) is 71.5 Å². The summed E-state index contributed by atoms with van der Waals surface area (Å²) in [5, 5.41) is 8.06. The van der Waals surface area contributed by atoms with Crippen LogP contribution in [0.25, 0.3) is 21.9 Å². The van der Waals surface area contributed by atoms with Gasteiger partial charge in [0.1, 0.15) is 16.8 Å². The van der Waals surface area contributed by atoms with E-state index in [0.29, 0.717) is 6.54 Å². The number of methoxy groups -OCH3 is 2. The predicted molar refractivity (Wildman–Crippen MR) is 148 cm³/mol. The lowest BCUT2D eigenvalue weighted by Gasteiger charge is -2.23. The number of benzene rings is 2. The van der Waals surface area contributed by atoms with Gasteiger partial charge in [-0.2, -0.15) is 4.98 Å². The highest BCUT2D eigenvalue weighted by Gasteiger charge is 2.19. The molecule has 0 radical (unpaired) electrons. The summed E-state index contributed by atoms with van der Waals surface area (Å²) in [5.74, 6) is 1.88. The Morgan fingerprint density at radius 1 is 1.08 bits per heavy atom. The summed E-state index contributed by atoms with van der Waals surface area (Å²) in [7, 11) is 3.45. The first-order chi connectivity index (χ1) is 17.4. The van der Waals surface area contributed by atoms with E-state index >= 15 is 0 Å². The SMILES string of the molecule is CCCCNc1nc(N)nc2c3ccccc3n(Cc3cc(CNCC(C)(C)OC)ccc3OC)c12. The normalized spacial score (nSPS) is 11.9. The van der Waals surface area contributed by atoms with Crippen LogP contribution in [0.3, 0.4) is 0 Å². The molecule has 4 rings (SSSR count). The highest BCUT2D eigenvalue weighted by atomic mass is 16.5. The third-order valence-electron chi connectivity index (χ3n) is 6.55. The van der Waals surface area contributed by atoms with Gasteiger partial charge in [0, 0.05) is 37.7 Å². The van der Waals surface area contributed by atoms with E-state index in [9.17, 15) is 0 Å². The van der Waals surface area contributed by atoms with E-state index < -0.39 is 0 Å². The van der Waals surface area contributed by atoms with Crippen LogP contribution in [0.4, 0.5) is 11.8 Å². The van der Waals surface area contributed by atoms with Gasteiger partial charge in [0.25, 0.3) is 0 Å². The van der Waals surface area contributed by atoms with Crippen LogP contribution in [-0.4, -0.2) is 47.4 Å². The van der Waals surface area contributed by atoms with Crippen LogP contribution in [0.15, 0.2) is 42.5 Å². The lowest BCUT2D eigenvalue weighted by Crippen LogP contribution is -2.36. The number of hydrogen-bond acceptors (Lipinski definition) is 7. The molecular formula is C28H38N6O2. The second kappa shape index (κ2) is 11.1. The first-order valence-corrected chi connectivity index (χ1v) is 12.6. The maximum absolute atomic E-state index is 6.13. The Kier molecular flexibility index (Phi) is 7.96. The first-order valence-electron chi connectivity index (χ1n) is 12.6. The second-order valence-electron chi connectivity index (χ2n) is 9.72. The van der Waals surface area contributed by atoms with Crippen molar-refractivity contribution in [2.24, 2.45) is 0 Å². The third-order valence-corrected chi connectivity index (χ3v) is 6.55. The number of nitrogen functional groups attached to an aromatic ring is 1. The van der Waals surface area contributed by atoms with E-state index in [1.807, 2.05) is 18.2 Å². The minimum atomic E-state index is -0.221. The first kappa shape index (κ1) is 25.7. The molecule has 8 nitrogen and oxygen atoms in total. The average Bonchev–Trinajstić information content (AvgIpc) is 3.17. The Morgan fingerprint density at radius 2 is 1.89 bits per heavy atom. The number of nitrogens with one attached hydrogen (secondary N) is 2. The molecule has 4 N–H and O–H groups in total. The van der Waals surface area contributed by atoms with Crippen LogP contribution >= 0.6 is 0 Å². The van der Waals surface area contributed by atoms with E-state index in [1.165, 1.54) is 5.56 Å². The number of nitrogens with two attached hydrogens (primary N) is 1. The summed E-state index contributed by atoms with van der Waals surface area (Å²) < 4.78 is 13.6. The number of anilines is 2. The fourth-order valence-electron chi connectivity index (χ4n) is 4.43. The van der Waals surface area contributed by atoms with Crippen molar-refractivity contribution in [3.8, 4) is 5.75 Å². The average molecular weight is 491 g/mol. The van der Waals surface area contributed by atoms with Gasteiger partial charge in [-0.15, -0.1) is 0 Å². The van der Waals surface area contributed by atoms with Crippen molar-refractivity contribution in [1.82, 2.24) is 19.9 Å². The number of rotatable bonds is 12. The van der Waals surface area contributed by atoms with Gasteiger partial charge < -0.3 is 30.4 Å². The van der Waals surface area contributed by atoms with Crippen molar-refractivity contribution in [3.63, 3.8) is 0 Å². The molecule has 0 aliphatic rings. The number of hydrogen-bond donors (Lipinski definition) is 3. The second-order valence-corrected chi connectivity index (χ2v) is 9.72. The van der Waals surface area contributed by atoms with Gasteiger partial charge in [-0.05, 0) is 44.0 Å².